The largest absolute Gasteiger partial charge is 0.361 e. The fourth-order valence-corrected chi connectivity index (χ4v) is 1.50. The van der Waals surface area contributed by atoms with Crippen molar-refractivity contribution in [1.82, 2.24) is 4.90 Å². The molecule has 0 aromatic heterocycles. The van der Waals surface area contributed by atoms with E-state index in [2.05, 4.69) is 60.4 Å². The third-order valence-electron chi connectivity index (χ3n) is 2.21. The topological polar surface area (TPSA) is 6.48 Å². The molecule has 76 valence electrons. The van der Waals surface area contributed by atoms with Gasteiger partial charge in [-0.3, -0.25) is 0 Å². The van der Waals surface area contributed by atoms with Gasteiger partial charge in [0.25, 0.3) is 0 Å². The Hall–Kier alpha value is -0.710. The second kappa shape index (κ2) is 4.68. The minimum absolute atomic E-state index is 0. The van der Waals surface area contributed by atoms with Crippen molar-refractivity contribution in [3.05, 3.63) is 42.2 Å². The van der Waals surface area contributed by atoms with E-state index in [1.165, 1.54) is 11.3 Å². The number of nitrogens with zero attached hydrogens (tertiary/aromatic N) is 2. The van der Waals surface area contributed by atoms with Crippen LogP contribution >= 0.6 is 24.0 Å². The van der Waals surface area contributed by atoms with Gasteiger partial charge in [0.1, 0.15) is 0 Å². The molecule has 0 spiro atoms. The van der Waals surface area contributed by atoms with Gasteiger partial charge in [-0.05, 0) is 24.6 Å². The molecule has 1 aliphatic heterocycles. The molecule has 2 rings (SSSR count). The number of aryl methyl sites for hydroxylation is 1. The summed E-state index contributed by atoms with van der Waals surface area (Å²) < 4.78 is 0. The summed E-state index contributed by atoms with van der Waals surface area (Å²) in [6.07, 6.45) is 4.19. The van der Waals surface area contributed by atoms with Crippen LogP contribution in [0.4, 0.5) is 5.69 Å². The lowest BCUT2D eigenvalue weighted by atomic mass is 10.2. The standard InChI is InChI=1S/C11H14N2.HI/c1-10-4-3-5-11(8-10)13-7-6-12(2)9-13;/h3-8H,9H2,1-2H3;1H. The minimum Gasteiger partial charge on any atom is -0.361 e. The van der Waals surface area contributed by atoms with E-state index in [1.807, 2.05) is 0 Å². The fraction of sp³-hybridized carbons (Fsp3) is 0.273. The maximum atomic E-state index is 2.23. The molecule has 0 saturated heterocycles. The van der Waals surface area contributed by atoms with Gasteiger partial charge in [-0.25, -0.2) is 0 Å². The van der Waals surface area contributed by atoms with Crippen LogP contribution in [0.15, 0.2) is 36.7 Å². The maximum absolute atomic E-state index is 2.23. The van der Waals surface area contributed by atoms with Crippen molar-refractivity contribution in [3.8, 4) is 0 Å². The molecule has 1 aromatic rings. The first-order valence-corrected chi connectivity index (χ1v) is 4.47. The Labute approximate surface area is 102 Å². The van der Waals surface area contributed by atoms with E-state index in [9.17, 15) is 0 Å². The van der Waals surface area contributed by atoms with Crippen LogP contribution in [0.2, 0.25) is 0 Å². The lowest BCUT2D eigenvalue weighted by molar-refractivity contribution is 0.495. The molecule has 0 radical (unpaired) electrons. The molecular formula is C11H15IN2. The summed E-state index contributed by atoms with van der Waals surface area (Å²) in [4.78, 5) is 4.38. The van der Waals surface area contributed by atoms with E-state index in [-0.39, 0.29) is 24.0 Å². The van der Waals surface area contributed by atoms with Crippen LogP contribution in [0, 0.1) is 6.92 Å². The Morgan fingerprint density at radius 2 is 2.00 bits per heavy atom. The molecule has 0 N–H and O–H groups in total. The Bertz CT molecular complexity index is 336. The van der Waals surface area contributed by atoms with Crippen LogP contribution in [0.5, 0.6) is 0 Å². The van der Waals surface area contributed by atoms with Crippen molar-refractivity contribution in [2.45, 2.75) is 6.92 Å². The maximum Gasteiger partial charge on any atom is 0.0938 e. The highest BCUT2D eigenvalue weighted by Gasteiger charge is 2.09. The van der Waals surface area contributed by atoms with E-state index in [4.69, 9.17) is 0 Å². The van der Waals surface area contributed by atoms with Gasteiger partial charge in [-0.15, -0.1) is 24.0 Å². The highest BCUT2D eigenvalue weighted by Crippen LogP contribution is 2.19. The molecule has 3 heteroatoms. The Balaban J connectivity index is 0.000000980. The number of anilines is 1. The molecule has 0 saturated carbocycles. The summed E-state index contributed by atoms with van der Waals surface area (Å²) in [5, 5.41) is 0. The number of hydrogen-bond donors (Lipinski definition) is 0. The first-order chi connectivity index (χ1) is 6.25. The van der Waals surface area contributed by atoms with E-state index >= 15 is 0 Å². The van der Waals surface area contributed by atoms with Crippen LogP contribution in [0.3, 0.4) is 0 Å². The second-order valence-corrected chi connectivity index (χ2v) is 3.51. The Morgan fingerprint density at radius 3 is 2.57 bits per heavy atom. The second-order valence-electron chi connectivity index (χ2n) is 3.51. The van der Waals surface area contributed by atoms with Crippen molar-refractivity contribution < 1.29 is 0 Å². The van der Waals surface area contributed by atoms with Crippen LogP contribution in [-0.4, -0.2) is 18.6 Å². The normalized spacial score (nSPS) is 14.4. The van der Waals surface area contributed by atoms with Gasteiger partial charge in [0, 0.05) is 25.1 Å². The molecule has 14 heavy (non-hydrogen) atoms. The predicted octanol–water partition coefficient (Wildman–Crippen LogP) is 2.79. The third kappa shape index (κ3) is 2.41. The molecule has 2 nitrogen and oxygen atoms in total. The zero-order chi connectivity index (χ0) is 9.26. The van der Waals surface area contributed by atoms with Gasteiger partial charge in [0.2, 0.25) is 0 Å². The predicted molar refractivity (Wildman–Crippen MR) is 70.8 cm³/mol. The van der Waals surface area contributed by atoms with Crippen LogP contribution in [0.1, 0.15) is 5.56 Å². The van der Waals surface area contributed by atoms with Crippen molar-refractivity contribution in [3.63, 3.8) is 0 Å². The summed E-state index contributed by atoms with van der Waals surface area (Å²) in [7, 11) is 2.08. The van der Waals surface area contributed by atoms with E-state index in [1.54, 1.807) is 0 Å². The molecule has 1 aromatic carbocycles. The highest BCUT2D eigenvalue weighted by molar-refractivity contribution is 14.0. The molecule has 1 aliphatic rings. The number of rotatable bonds is 1. The van der Waals surface area contributed by atoms with Gasteiger partial charge in [0.05, 0.1) is 6.67 Å². The average Bonchev–Trinajstić information content (AvgIpc) is 2.52. The van der Waals surface area contributed by atoms with Gasteiger partial charge >= 0.3 is 0 Å². The fourth-order valence-electron chi connectivity index (χ4n) is 1.50. The summed E-state index contributed by atoms with van der Waals surface area (Å²) >= 11 is 0. The molecule has 0 amide bonds. The van der Waals surface area contributed by atoms with E-state index < -0.39 is 0 Å². The summed E-state index contributed by atoms with van der Waals surface area (Å²) in [6, 6.07) is 8.55. The lowest BCUT2D eigenvalue weighted by Gasteiger charge is -2.18. The monoisotopic (exact) mass is 302 g/mol. The first-order valence-electron chi connectivity index (χ1n) is 4.47. The lowest BCUT2D eigenvalue weighted by Crippen LogP contribution is -2.21. The van der Waals surface area contributed by atoms with Crippen LogP contribution in [-0.2, 0) is 0 Å². The average molecular weight is 302 g/mol. The molecule has 0 fully saturated rings. The zero-order valence-corrected chi connectivity index (χ0v) is 10.8. The minimum atomic E-state index is 0. The smallest absolute Gasteiger partial charge is 0.0938 e. The van der Waals surface area contributed by atoms with Crippen molar-refractivity contribution in [1.29, 1.82) is 0 Å². The van der Waals surface area contributed by atoms with Gasteiger partial charge < -0.3 is 9.80 Å². The van der Waals surface area contributed by atoms with E-state index in [0.717, 1.165) is 6.67 Å². The summed E-state index contributed by atoms with van der Waals surface area (Å²) in [6.45, 7) is 3.07. The van der Waals surface area contributed by atoms with Gasteiger partial charge in [-0.2, -0.15) is 0 Å². The van der Waals surface area contributed by atoms with Crippen molar-refractivity contribution in [2.24, 2.45) is 0 Å². The zero-order valence-electron chi connectivity index (χ0n) is 8.47. The molecule has 0 bridgehead atoms. The summed E-state index contributed by atoms with van der Waals surface area (Å²) in [5.74, 6) is 0. The van der Waals surface area contributed by atoms with Crippen LogP contribution < -0.4 is 4.90 Å². The first kappa shape index (κ1) is 11.4. The third-order valence-corrected chi connectivity index (χ3v) is 2.21. The van der Waals surface area contributed by atoms with Gasteiger partial charge in [-0.1, -0.05) is 12.1 Å². The quantitative estimate of drug-likeness (QED) is 0.736. The van der Waals surface area contributed by atoms with Crippen molar-refractivity contribution >= 4 is 29.7 Å². The summed E-state index contributed by atoms with van der Waals surface area (Å²) in [5.41, 5.74) is 2.57. The van der Waals surface area contributed by atoms with E-state index in [0.29, 0.717) is 0 Å². The number of benzene rings is 1. The van der Waals surface area contributed by atoms with Crippen LogP contribution in [0.25, 0.3) is 0 Å². The number of halogens is 1. The SMILES string of the molecule is Cc1cccc(N2C=CN(C)C2)c1.I. The molecule has 0 unspecified atom stereocenters. The van der Waals surface area contributed by atoms with Gasteiger partial charge in [0.15, 0.2) is 0 Å². The molecule has 1 heterocycles. The Morgan fingerprint density at radius 1 is 1.21 bits per heavy atom. The Kier molecular flexibility index (Phi) is 3.80. The van der Waals surface area contributed by atoms with Crippen molar-refractivity contribution in [2.75, 3.05) is 18.6 Å². The number of hydrogen-bond acceptors (Lipinski definition) is 2. The molecule has 0 atom stereocenters. The molecule has 0 aliphatic carbocycles. The molecular weight excluding hydrogens is 287 g/mol. The highest BCUT2D eigenvalue weighted by atomic mass is 127.